The summed E-state index contributed by atoms with van der Waals surface area (Å²) in [6, 6.07) is 1.31. The van der Waals surface area contributed by atoms with Crippen LogP contribution in [0.2, 0.25) is 5.28 Å². The summed E-state index contributed by atoms with van der Waals surface area (Å²) in [6.45, 7) is 0. The highest BCUT2D eigenvalue weighted by Gasteiger charge is 2.32. The molecule has 11 heteroatoms. The third-order valence-electron chi connectivity index (χ3n) is 4.39. The van der Waals surface area contributed by atoms with Crippen LogP contribution in [0, 0.1) is 0 Å². The topological polar surface area (TPSA) is 78.4 Å². The second kappa shape index (κ2) is 7.07. The molecule has 2 heterocycles. The Bertz CT molecular complexity index is 829. The van der Waals surface area contributed by atoms with Crippen molar-refractivity contribution < 1.29 is 23.1 Å². The Morgan fingerprint density at radius 1 is 1.46 bits per heavy atom. The summed E-state index contributed by atoms with van der Waals surface area (Å²) in [5, 5.41) is 11.8. The largest absolute Gasteiger partial charge is 0.465 e. The average Bonchev–Trinajstić information content (AvgIpc) is 3.09. The number of hydrogen-bond acceptors (Lipinski definition) is 5. The fraction of sp³-hybridized carbons (Fsp3) is 0.533. The molecule has 2 aromatic rings. The summed E-state index contributed by atoms with van der Waals surface area (Å²) in [5.41, 5.74) is 0. The molecule has 0 aromatic carbocycles. The lowest BCUT2D eigenvalue weighted by molar-refractivity contribution is -0.126. The van der Waals surface area contributed by atoms with Crippen molar-refractivity contribution in [2.75, 3.05) is 11.9 Å². The molecule has 1 saturated carbocycles. The fourth-order valence-corrected chi connectivity index (χ4v) is 4.54. The van der Waals surface area contributed by atoms with Crippen molar-refractivity contribution in [1.29, 1.82) is 0 Å². The van der Waals surface area contributed by atoms with E-state index in [0.29, 0.717) is 28.9 Å². The van der Waals surface area contributed by atoms with Gasteiger partial charge in [-0.25, -0.2) is 9.78 Å². The quantitative estimate of drug-likeness (QED) is 0.745. The minimum atomic E-state index is -4.30. The lowest BCUT2D eigenvalue weighted by atomic mass is 10.2. The SMILES string of the molecule is CN(c1nc(Cl)nc2sc(CC(F)(F)F)cc12)[C@@H]1CC[C@H](NC(=O)O)C1. The van der Waals surface area contributed by atoms with Crippen LogP contribution in [0.1, 0.15) is 24.1 Å². The van der Waals surface area contributed by atoms with E-state index in [9.17, 15) is 18.0 Å². The number of amides is 1. The van der Waals surface area contributed by atoms with Gasteiger partial charge >= 0.3 is 12.3 Å². The molecule has 0 saturated heterocycles. The molecule has 0 spiro atoms. The van der Waals surface area contributed by atoms with Crippen molar-refractivity contribution in [2.45, 2.75) is 43.9 Å². The number of anilines is 1. The second-order valence-electron chi connectivity index (χ2n) is 6.26. The molecule has 26 heavy (non-hydrogen) atoms. The van der Waals surface area contributed by atoms with Gasteiger partial charge in [-0.3, -0.25) is 0 Å². The molecule has 2 atom stereocenters. The smallest absolute Gasteiger partial charge is 0.404 e. The van der Waals surface area contributed by atoms with E-state index in [1.807, 2.05) is 4.90 Å². The van der Waals surface area contributed by atoms with Crippen molar-refractivity contribution in [3.05, 3.63) is 16.2 Å². The summed E-state index contributed by atoms with van der Waals surface area (Å²) in [5.74, 6) is 0.464. The Labute approximate surface area is 156 Å². The van der Waals surface area contributed by atoms with Crippen LogP contribution in [0.5, 0.6) is 0 Å². The Morgan fingerprint density at radius 3 is 2.85 bits per heavy atom. The van der Waals surface area contributed by atoms with Gasteiger partial charge < -0.3 is 15.3 Å². The zero-order valence-corrected chi connectivity index (χ0v) is 15.3. The van der Waals surface area contributed by atoms with E-state index in [1.165, 1.54) is 6.07 Å². The molecule has 3 rings (SSSR count). The van der Waals surface area contributed by atoms with Crippen LogP contribution in [-0.4, -0.2) is 46.5 Å². The molecular formula is C15H16ClF3N4O2S. The van der Waals surface area contributed by atoms with Crippen molar-refractivity contribution in [1.82, 2.24) is 15.3 Å². The number of fused-ring (bicyclic) bond motifs is 1. The van der Waals surface area contributed by atoms with E-state index in [0.717, 1.165) is 17.8 Å². The van der Waals surface area contributed by atoms with E-state index in [2.05, 4.69) is 15.3 Å². The van der Waals surface area contributed by atoms with Crippen LogP contribution in [-0.2, 0) is 6.42 Å². The third kappa shape index (κ3) is 4.29. The summed E-state index contributed by atoms with van der Waals surface area (Å²) < 4.78 is 38.0. The Hall–Kier alpha value is -1.81. The number of halogens is 4. The predicted octanol–water partition coefficient (Wildman–Crippen LogP) is 4.07. The number of rotatable bonds is 4. The first-order chi connectivity index (χ1) is 12.1. The number of carboxylic acid groups (broad SMARTS) is 1. The minimum Gasteiger partial charge on any atom is -0.465 e. The Balaban J connectivity index is 1.88. The molecule has 0 bridgehead atoms. The zero-order valence-electron chi connectivity index (χ0n) is 13.7. The Kier molecular flexibility index (Phi) is 5.16. The molecule has 1 amide bonds. The van der Waals surface area contributed by atoms with Crippen molar-refractivity contribution >= 4 is 45.1 Å². The van der Waals surface area contributed by atoms with Gasteiger partial charge in [0, 0.05) is 24.0 Å². The number of alkyl halides is 3. The number of carbonyl (C=O) groups is 1. The Morgan fingerprint density at radius 2 is 2.19 bits per heavy atom. The monoisotopic (exact) mass is 408 g/mol. The molecule has 142 valence electrons. The van der Waals surface area contributed by atoms with Crippen LogP contribution in [0.4, 0.5) is 23.8 Å². The van der Waals surface area contributed by atoms with Gasteiger partial charge in [0.15, 0.2) is 0 Å². The van der Waals surface area contributed by atoms with E-state index in [1.54, 1.807) is 7.05 Å². The lowest BCUT2D eigenvalue weighted by Gasteiger charge is -2.26. The maximum Gasteiger partial charge on any atom is 0.404 e. The summed E-state index contributed by atoms with van der Waals surface area (Å²) in [6.07, 6.45) is -4.38. The lowest BCUT2D eigenvalue weighted by Crippen LogP contribution is -2.35. The zero-order chi connectivity index (χ0) is 19.1. The molecule has 1 fully saturated rings. The molecule has 2 aromatic heterocycles. The van der Waals surface area contributed by atoms with Gasteiger partial charge in [-0.15, -0.1) is 11.3 Å². The summed E-state index contributed by atoms with van der Waals surface area (Å²) >= 11 is 6.91. The van der Waals surface area contributed by atoms with Gasteiger partial charge in [0.25, 0.3) is 0 Å². The average molecular weight is 409 g/mol. The van der Waals surface area contributed by atoms with Gasteiger partial charge in [0.1, 0.15) is 10.6 Å². The van der Waals surface area contributed by atoms with Crippen LogP contribution in [0.15, 0.2) is 6.07 Å². The van der Waals surface area contributed by atoms with E-state index >= 15 is 0 Å². The number of hydrogen-bond donors (Lipinski definition) is 2. The highest BCUT2D eigenvalue weighted by atomic mass is 35.5. The normalized spacial score (nSPS) is 20.5. The fourth-order valence-electron chi connectivity index (χ4n) is 3.27. The molecule has 0 aliphatic heterocycles. The number of nitrogens with one attached hydrogen (secondary N) is 1. The molecular weight excluding hydrogens is 393 g/mol. The molecule has 1 aliphatic rings. The first-order valence-corrected chi connectivity index (χ1v) is 9.07. The van der Waals surface area contributed by atoms with E-state index in [-0.39, 0.29) is 22.2 Å². The predicted molar refractivity (Wildman–Crippen MR) is 93.2 cm³/mol. The minimum absolute atomic E-state index is 0.00647. The molecule has 2 N–H and O–H groups in total. The van der Waals surface area contributed by atoms with Gasteiger partial charge in [0.2, 0.25) is 5.28 Å². The molecule has 0 radical (unpaired) electrons. The van der Waals surface area contributed by atoms with Crippen molar-refractivity contribution in [2.24, 2.45) is 0 Å². The standard InChI is InChI=1S/C15H16ClF3N4O2S/c1-23(8-3-2-7(4-8)20-14(24)25)11-10-5-9(6-15(17,18)19)26-12(10)22-13(16)21-11/h5,7-8,20H,2-4,6H2,1H3,(H,24,25)/t7-,8+/m0/s1. The number of aromatic nitrogens is 2. The van der Waals surface area contributed by atoms with Gasteiger partial charge in [-0.2, -0.15) is 18.2 Å². The first-order valence-electron chi connectivity index (χ1n) is 7.87. The van der Waals surface area contributed by atoms with Gasteiger partial charge in [-0.05, 0) is 36.9 Å². The molecule has 6 nitrogen and oxygen atoms in total. The van der Waals surface area contributed by atoms with E-state index < -0.39 is 18.7 Å². The summed E-state index contributed by atoms with van der Waals surface area (Å²) in [7, 11) is 1.78. The number of nitrogens with zero attached hydrogens (tertiary/aromatic N) is 3. The molecule has 1 aliphatic carbocycles. The van der Waals surface area contributed by atoms with Gasteiger partial charge in [0.05, 0.1) is 11.8 Å². The van der Waals surface area contributed by atoms with Crippen LogP contribution >= 0.6 is 22.9 Å². The van der Waals surface area contributed by atoms with Crippen molar-refractivity contribution in [3.8, 4) is 0 Å². The highest BCUT2D eigenvalue weighted by Crippen LogP contribution is 2.36. The van der Waals surface area contributed by atoms with E-state index in [4.69, 9.17) is 16.7 Å². The second-order valence-corrected chi connectivity index (χ2v) is 7.72. The van der Waals surface area contributed by atoms with Crippen LogP contribution in [0.25, 0.3) is 10.2 Å². The number of thiophene rings is 1. The summed E-state index contributed by atoms with van der Waals surface area (Å²) in [4.78, 5) is 21.4. The maximum atomic E-state index is 12.7. The van der Waals surface area contributed by atoms with Gasteiger partial charge in [-0.1, -0.05) is 0 Å². The van der Waals surface area contributed by atoms with Crippen LogP contribution < -0.4 is 10.2 Å². The third-order valence-corrected chi connectivity index (χ3v) is 5.58. The van der Waals surface area contributed by atoms with Crippen LogP contribution in [0.3, 0.4) is 0 Å². The first kappa shape index (κ1) is 19.0. The highest BCUT2D eigenvalue weighted by molar-refractivity contribution is 7.18. The maximum absolute atomic E-state index is 12.7. The van der Waals surface area contributed by atoms with Crippen molar-refractivity contribution in [3.63, 3.8) is 0 Å². The molecule has 0 unspecified atom stereocenters.